The normalized spacial score (nSPS) is 26.1. The summed E-state index contributed by atoms with van der Waals surface area (Å²) >= 11 is 0. The second-order valence-electron chi connectivity index (χ2n) is 3.49. The number of allylic oxidation sites excluding steroid dienone is 2. The van der Waals surface area contributed by atoms with Crippen molar-refractivity contribution in [3.63, 3.8) is 0 Å². The Hall–Kier alpha value is -0.0200. The molecule has 0 radical (unpaired) electrons. The summed E-state index contributed by atoms with van der Waals surface area (Å²) in [6, 6.07) is 0. The molecule has 1 aliphatic rings. The highest BCUT2D eigenvalue weighted by molar-refractivity contribution is 8.16. The van der Waals surface area contributed by atoms with Gasteiger partial charge in [-0.15, -0.1) is 0 Å². The van der Waals surface area contributed by atoms with Gasteiger partial charge in [-0.2, -0.15) is 0 Å². The molecule has 1 rings (SSSR count). The fourth-order valence-electron chi connectivity index (χ4n) is 1.50. The first kappa shape index (κ1) is 10.1. The Morgan fingerprint density at radius 3 is 2.50 bits per heavy atom. The minimum Gasteiger partial charge on any atom is -0.207 e. The van der Waals surface area contributed by atoms with E-state index in [4.69, 9.17) is 10.7 Å². The van der Waals surface area contributed by atoms with Gasteiger partial charge in [-0.3, -0.25) is 0 Å². The van der Waals surface area contributed by atoms with Crippen LogP contribution in [-0.4, -0.2) is 8.42 Å². The van der Waals surface area contributed by atoms with Gasteiger partial charge in [-0.25, -0.2) is 8.42 Å². The van der Waals surface area contributed by atoms with Crippen molar-refractivity contribution in [2.24, 2.45) is 5.92 Å². The van der Waals surface area contributed by atoms with Crippen molar-refractivity contribution in [3.8, 4) is 0 Å². The molecule has 0 heterocycles. The zero-order valence-corrected chi connectivity index (χ0v) is 8.87. The molecule has 12 heavy (non-hydrogen) atoms. The zero-order valence-electron chi connectivity index (χ0n) is 7.30. The molecule has 0 aromatic heterocycles. The summed E-state index contributed by atoms with van der Waals surface area (Å²) in [6.07, 6.45) is 2.54. The fraction of sp³-hybridized carbons (Fsp3) is 0.750. The molecular formula is C8H13ClO2S. The lowest BCUT2D eigenvalue weighted by atomic mass is 9.92. The average molecular weight is 209 g/mol. The van der Waals surface area contributed by atoms with E-state index in [1.807, 2.05) is 6.92 Å². The van der Waals surface area contributed by atoms with Gasteiger partial charge in [0.15, 0.2) is 0 Å². The molecule has 0 amide bonds. The molecule has 1 unspecified atom stereocenters. The van der Waals surface area contributed by atoms with Gasteiger partial charge in [0.2, 0.25) is 0 Å². The van der Waals surface area contributed by atoms with Crippen molar-refractivity contribution in [2.75, 3.05) is 0 Å². The molecule has 0 saturated heterocycles. The van der Waals surface area contributed by atoms with Crippen LogP contribution in [0.25, 0.3) is 0 Å². The summed E-state index contributed by atoms with van der Waals surface area (Å²) in [5, 5.41) is 0. The summed E-state index contributed by atoms with van der Waals surface area (Å²) in [7, 11) is 1.83. The third kappa shape index (κ3) is 2.23. The van der Waals surface area contributed by atoms with E-state index >= 15 is 0 Å². The van der Waals surface area contributed by atoms with E-state index < -0.39 is 9.05 Å². The molecule has 0 N–H and O–H groups in total. The summed E-state index contributed by atoms with van der Waals surface area (Å²) in [5.74, 6) is 0.442. The van der Waals surface area contributed by atoms with Crippen LogP contribution in [0.2, 0.25) is 0 Å². The van der Waals surface area contributed by atoms with Crippen molar-refractivity contribution in [2.45, 2.75) is 33.1 Å². The van der Waals surface area contributed by atoms with E-state index in [-0.39, 0.29) is 0 Å². The molecule has 0 aromatic rings. The number of hydrogen-bond acceptors (Lipinski definition) is 2. The van der Waals surface area contributed by atoms with Gasteiger partial charge in [0.25, 0.3) is 9.05 Å². The molecule has 1 atom stereocenters. The minimum absolute atomic E-state index is 0.442. The Morgan fingerprint density at radius 2 is 2.08 bits per heavy atom. The highest BCUT2D eigenvalue weighted by atomic mass is 35.7. The molecule has 2 nitrogen and oxygen atoms in total. The standard InChI is InChI=1S/C8H13ClO2S/c1-6-3-4-7(2)8(5-6)12(9,10)11/h6H,3-5H2,1-2H3. The largest absolute Gasteiger partial charge is 0.257 e. The monoisotopic (exact) mass is 208 g/mol. The first-order chi connectivity index (χ1) is 5.41. The predicted octanol–water partition coefficient (Wildman–Crippen LogP) is 2.65. The number of hydrogen-bond donors (Lipinski definition) is 0. The van der Waals surface area contributed by atoms with Crippen molar-refractivity contribution >= 4 is 19.7 Å². The first-order valence-electron chi connectivity index (χ1n) is 4.04. The van der Waals surface area contributed by atoms with Gasteiger partial charge < -0.3 is 0 Å². The molecule has 0 aromatic carbocycles. The molecule has 0 fully saturated rings. The van der Waals surface area contributed by atoms with Crippen molar-refractivity contribution in [1.29, 1.82) is 0 Å². The summed E-state index contributed by atoms with van der Waals surface area (Å²) in [5.41, 5.74) is 0.933. The Balaban J connectivity index is 3.01. The number of rotatable bonds is 1. The fourth-order valence-corrected chi connectivity index (χ4v) is 3.09. The lowest BCUT2D eigenvalue weighted by molar-refractivity contribution is 0.503. The first-order valence-corrected chi connectivity index (χ1v) is 6.35. The van der Waals surface area contributed by atoms with Crippen LogP contribution in [0.5, 0.6) is 0 Å². The van der Waals surface area contributed by atoms with Gasteiger partial charge in [0, 0.05) is 10.7 Å². The van der Waals surface area contributed by atoms with Crippen LogP contribution in [0.4, 0.5) is 0 Å². The van der Waals surface area contributed by atoms with Crippen molar-refractivity contribution in [3.05, 3.63) is 10.5 Å². The van der Waals surface area contributed by atoms with Crippen LogP contribution < -0.4 is 0 Å². The third-order valence-electron chi connectivity index (χ3n) is 2.32. The molecule has 4 heteroatoms. The Morgan fingerprint density at radius 1 is 1.50 bits per heavy atom. The van der Waals surface area contributed by atoms with E-state index in [9.17, 15) is 8.42 Å². The maximum atomic E-state index is 11.0. The average Bonchev–Trinajstić information content (AvgIpc) is 1.92. The van der Waals surface area contributed by atoms with E-state index in [0.717, 1.165) is 18.4 Å². The second kappa shape index (κ2) is 3.38. The third-order valence-corrected chi connectivity index (χ3v) is 3.98. The van der Waals surface area contributed by atoms with Crippen LogP contribution >= 0.6 is 10.7 Å². The Bertz CT molecular complexity index is 303. The van der Waals surface area contributed by atoms with Crippen molar-refractivity contribution in [1.82, 2.24) is 0 Å². The van der Waals surface area contributed by atoms with Gasteiger partial charge in [-0.05, 0) is 32.1 Å². The Kier molecular flexibility index (Phi) is 2.84. The SMILES string of the molecule is CC1=C(S(=O)(=O)Cl)CC(C)CC1. The zero-order chi connectivity index (χ0) is 9.35. The smallest absolute Gasteiger partial charge is 0.207 e. The lowest BCUT2D eigenvalue weighted by Crippen LogP contribution is -2.10. The topological polar surface area (TPSA) is 34.1 Å². The quantitative estimate of drug-likeness (QED) is 0.621. The number of halogens is 1. The van der Waals surface area contributed by atoms with Crippen molar-refractivity contribution < 1.29 is 8.42 Å². The summed E-state index contributed by atoms with van der Waals surface area (Å²) in [6.45, 7) is 3.90. The molecule has 0 bridgehead atoms. The highest BCUT2D eigenvalue weighted by Gasteiger charge is 2.23. The van der Waals surface area contributed by atoms with Gasteiger partial charge in [0.05, 0.1) is 4.91 Å². The van der Waals surface area contributed by atoms with Crippen LogP contribution in [0.15, 0.2) is 10.5 Å². The second-order valence-corrected chi connectivity index (χ2v) is 6.08. The maximum Gasteiger partial charge on any atom is 0.257 e. The molecule has 1 aliphatic carbocycles. The molecular weight excluding hydrogens is 196 g/mol. The highest BCUT2D eigenvalue weighted by Crippen LogP contribution is 2.33. The van der Waals surface area contributed by atoms with Gasteiger partial charge in [0.1, 0.15) is 0 Å². The Labute approximate surface area is 78.0 Å². The van der Waals surface area contributed by atoms with E-state index in [1.54, 1.807) is 0 Å². The van der Waals surface area contributed by atoms with Crippen LogP contribution in [0, 0.1) is 5.92 Å². The molecule has 0 spiro atoms. The minimum atomic E-state index is -3.46. The maximum absolute atomic E-state index is 11.0. The van der Waals surface area contributed by atoms with Crippen LogP contribution in [-0.2, 0) is 9.05 Å². The molecule has 0 saturated carbocycles. The van der Waals surface area contributed by atoms with Gasteiger partial charge >= 0.3 is 0 Å². The lowest BCUT2D eigenvalue weighted by Gasteiger charge is -2.20. The van der Waals surface area contributed by atoms with E-state index in [0.29, 0.717) is 17.2 Å². The summed E-state index contributed by atoms with van der Waals surface area (Å²) < 4.78 is 22.1. The summed E-state index contributed by atoms with van der Waals surface area (Å²) in [4.78, 5) is 0.447. The molecule has 0 aliphatic heterocycles. The van der Waals surface area contributed by atoms with Crippen LogP contribution in [0.3, 0.4) is 0 Å². The van der Waals surface area contributed by atoms with E-state index in [2.05, 4.69) is 6.92 Å². The van der Waals surface area contributed by atoms with E-state index in [1.165, 1.54) is 0 Å². The van der Waals surface area contributed by atoms with Gasteiger partial charge in [-0.1, -0.05) is 12.5 Å². The van der Waals surface area contributed by atoms with Crippen LogP contribution in [0.1, 0.15) is 33.1 Å². The molecule has 70 valence electrons. The predicted molar refractivity (Wildman–Crippen MR) is 50.5 cm³/mol.